The number of likely N-dealkylation sites (N-methyl/N-ethyl adjacent to an activating group) is 2. The van der Waals surface area contributed by atoms with Gasteiger partial charge in [-0.15, -0.1) is 0 Å². The number of rotatable bonds is 4. The van der Waals surface area contributed by atoms with Crippen molar-refractivity contribution < 1.29 is 4.52 Å². The Balaban J connectivity index is 2.08. The molecule has 0 spiro atoms. The molecule has 2 unspecified atom stereocenters. The standard InChI is InChI=1S/C12H23N5O/c1-4-5-9(13)12-14-11(15-18-12)10-8-16(2)6-7-17(10)3/h9-10H,4-8,13H2,1-3H3. The fraction of sp³-hybridized carbons (Fsp3) is 0.833. The largest absolute Gasteiger partial charge is 0.338 e. The highest BCUT2D eigenvalue weighted by Gasteiger charge is 2.28. The fourth-order valence-electron chi connectivity index (χ4n) is 2.26. The van der Waals surface area contributed by atoms with Gasteiger partial charge in [-0.1, -0.05) is 18.5 Å². The highest BCUT2D eigenvalue weighted by Crippen LogP contribution is 2.22. The Morgan fingerprint density at radius 3 is 2.94 bits per heavy atom. The van der Waals surface area contributed by atoms with Crippen molar-refractivity contribution in [3.05, 3.63) is 11.7 Å². The number of nitrogens with zero attached hydrogens (tertiary/aromatic N) is 4. The van der Waals surface area contributed by atoms with Crippen LogP contribution in [0.5, 0.6) is 0 Å². The van der Waals surface area contributed by atoms with Crippen LogP contribution < -0.4 is 5.73 Å². The SMILES string of the molecule is CCCC(N)c1nc(C2CN(C)CCN2C)no1. The van der Waals surface area contributed by atoms with E-state index in [2.05, 4.69) is 41.0 Å². The molecule has 1 aromatic rings. The average Bonchev–Trinajstić information content (AvgIpc) is 2.82. The van der Waals surface area contributed by atoms with Crippen LogP contribution in [0, 0.1) is 0 Å². The molecule has 1 aliphatic rings. The summed E-state index contributed by atoms with van der Waals surface area (Å²) in [6, 6.07) is 0.0675. The summed E-state index contributed by atoms with van der Waals surface area (Å²) in [7, 11) is 4.21. The topological polar surface area (TPSA) is 71.4 Å². The Bertz CT molecular complexity index is 380. The Hall–Kier alpha value is -0.980. The zero-order valence-electron chi connectivity index (χ0n) is 11.5. The molecule has 0 amide bonds. The first-order chi connectivity index (χ1) is 8.61. The fourth-order valence-corrected chi connectivity index (χ4v) is 2.26. The van der Waals surface area contributed by atoms with Crippen molar-refractivity contribution in [2.45, 2.75) is 31.8 Å². The van der Waals surface area contributed by atoms with E-state index in [1.165, 1.54) is 0 Å². The number of piperazine rings is 1. The van der Waals surface area contributed by atoms with Crippen molar-refractivity contribution in [3.63, 3.8) is 0 Å². The van der Waals surface area contributed by atoms with E-state index in [9.17, 15) is 0 Å². The molecular formula is C12H23N5O. The molecule has 2 atom stereocenters. The van der Waals surface area contributed by atoms with Crippen LogP contribution in [-0.4, -0.2) is 53.7 Å². The van der Waals surface area contributed by atoms with E-state index in [1.807, 2.05) is 0 Å². The molecule has 18 heavy (non-hydrogen) atoms. The van der Waals surface area contributed by atoms with Crippen LogP contribution in [0.25, 0.3) is 0 Å². The summed E-state index contributed by atoms with van der Waals surface area (Å²) in [4.78, 5) is 9.01. The van der Waals surface area contributed by atoms with Crippen LogP contribution >= 0.6 is 0 Å². The van der Waals surface area contributed by atoms with Gasteiger partial charge < -0.3 is 15.2 Å². The van der Waals surface area contributed by atoms with Gasteiger partial charge in [0.15, 0.2) is 5.82 Å². The van der Waals surface area contributed by atoms with Crippen molar-refractivity contribution in [1.82, 2.24) is 19.9 Å². The lowest BCUT2D eigenvalue weighted by Crippen LogP contribution is -2.45. The monoisotopic (exact) mass is 253 g/mol. The van der Waals surface area contributed by atoms with Crippen LogP contribution in [0.15, 0.2) is 4.52 Å². The average molecular weight is 253 g/mol. The molecule has 102 valence electrons. The Labute approximate surface area is 108 Å². The smallest absolute Gasteiger partial charge is 0.243 e. The molecule has 0 bridgehead atoms. The molecule has 1 fully saturated rings. The molecule has 2 rings (SSSR count). The van der Waals surface area contributed by atoms with E-state index in [0.29, 0.717) is 5.89 Å². The second-order valence-electron chi connectivity index (χ2n) is 5.14. The first kappa shape index (κ1) is 13.5. The van der Waals surface area contributed by atoms with E-state index in [0.717, 1.165) is 38.3 Å². The van der Waals surface area contributed by atoms with E-state index in [-0.39, 0.29) is 12.1 Å². The van der Waals surface area contributed by atoms with E-state index in [4.69, 9.17) is 10.3 Å². The molecule has 1 aromatic heterocycles. The van der Waals surface area contributed by atoms with Gasteiger partial charge >= 0.3 is 0 Å². The van der Waals surface area contributed by atoms with Gasteiger partial charge in [-0.3, -0.25) is 4.90 Å². The van der Waals surface area contributed by atoms with Crippen LogP contribution in [-0.2, 0) is 0 Å². The molecule has 1 aliphatic heterocycles. The second kappa shape index (κ2) is 5.77. The highest BCUT2D eigenvalue weighted by atomic mass is 16.5. The van der Waals surface area contributed by atoms with Gasteiger partial charge in [-0.25, -0.2) is 0 Å². The van der Waals surface area contributed by atoms with Crippen LogP contribution in [0.4, 0.5) is 0 Å². The lowest BCUT2D eigenvalue weighted by Gasteiger charge is -2.35. The molecule has 2 N–H and O–H groups in total. The summed E-state index contributed by atoms with van der Waals surface area (Å²) >= 11 is 0. The molecular weight excluding hydrogens is 230 g/mol. The maximum atomic E-state index is 5.99. The summed E-state index contributed by atoms with van der Waals surface area (Å²) in [5.41, 5.74) is 5.99. The molecule has 0 saturated carbocycles. The molecule has 2 heterocycles. The summed E-state index contributed by atoms with van der Waals surface area (Å²) in [5.74, 6) is 1.32. The van der Waals surface area contributed by atoms with Crippen LogP contribution in [0.1, 0.15) is 43.6 Å². The zero-order chi connectivity index (χ0) is 13.1. The van der Waals surface area contributed by atoms with Gasteiger partial charge in [0.05, 0.1) is 12.1 Å². The molecule has 0 radical (unpaired) electrons. The summed E-state index contributed by atoms with van der Waals surface area (Å²) < 4.78 is 5.28. The van der Waals surface area contributed by atoms with E-state index < -0.39 is 0 Å². The highest BCUT2D eigenvalue weighted by molar-refractivity contribution is 5.00. The third kappa shape index (κ3) is 2.88. The summed E-state index contributed by atoms with van der Waals surface area (Å²) in [6.07, 6.45) is 1.90. The third-order valence-corrected chi connectivity index (χ3v) is 3.52. The Kier molecular flexibility index (Phi) is 4.31. The van der Waals surface area contributed by atoms with Gasteiger partial charge in [-0.2, -0.15) is 4.98 Å². The van der Waals surface area contributed by atoms with Gasteiger partial charge in [0.25, 0.3) is 0 Å². The minimum Gasteiger partial charge on any atom is -0.338 e. The maximum Gasteiger partial charge on any atom is 0.243 e. The molecule has 6 nitrogen and oxygen atoms in total. The van der Waals surface area contributed by atoms with Crippen molar-refractivity contribution in [3.8, 4) is 0 Å². The minimum absolute atomic E-state index is 0.136. The van der Waals surface area contributed by atoms with E-state index in [1.54, 1.807) is 0 Å². The normalized spacial score (nSPS) is 24.3. The predicted molar refractivity (Wildman–Crippen MR) is 69.0 cm³/mol. The minimum atomic E-state index is -0.136. The Morgan fingerprint density at radius 2 is 2.22 bits per heavy atom. The second-order valence-corrected chi connectivity index (χ2v) is 5.14. The molecule has 0 aromatic carbocycles. The van der Waals surface area contributed by atoms with Crippen LogP contribution in [0.2, 0.25) is 0 Å². The van der Waals surface area contributed by atoms with Gasteiger partial charge in [-0.05, 0) is 20.5 Å². The van der Waals surface area contributed by atoms with Crippen molar-refractivity contribution in [2.75, 3.05) is 33.7 Å². The molecule has 1 saturated heterocycles. The lowest BCUT2D eigenvalue weighted by molar-refractivity contribution is 0.108. The van der Waals surface area contributed by atoms with Crippen molar-refractivity contribution >= 4 is 0 Å². The number of hydrogen-bond donors (Lipinski definition) is 1. The quantitative estimate of drug-likeness (QED) is 0.855. The number of aromatic nitrogens is 2. The van der Waals surface area contributed by atoms with Gasteiger partial charge in [0.1, 0.15) is 0 Å². The predicted octanol–water partition coefficient (Wildman–Crippen LogP) is 0.788. The third-order valence-electron chi connectivity index (χ3n) is 3.52. The maximum absolute atomic E-state index is 5.99. The molecule has 0 aliphatic carbocycles. The number of hydrogen-bond acceptors (Lipinski definition) is 6. The van der Waals surface area contributed by atoms with Gasteiger partial charge in [0.2, 0.25) is 5.89 Å². The van der Waals surface area contributed by atoms with E-state index >= 15 is 0 Å². The Morgan fingerprint density at radius 1 is 1.44 bits per heavy atom. The van der Waals surface area contributed by atoms with Crippen molar-refractivity contribution in [2.24, 2.45) is 5.73 Å². The first-order valence-corrected chi connectivity index (χ1v) is 6.59. The van der Waals surface area contributed by atoms with Crippen molar-refractivity contribution in [1.29, 1.82) is 0 Å². The zero-order valence-corrected chi connectivity index (χ0v) is 11.5. The summed E-state index contributed by atoms with van der Waals surface area (Å²) in [6.45, 7) is 5.12. The van der Waals surface area contributed by atoms with Crippen LogP contribution in [0.3, 0.4) is 0 Å². The molecule has 6 heteroatoms. The number of nitrogens with two attached hydrogens (primary N) is 1. The lowest BCUT2D eigenvalue weighted by atomic mass is 10.1. The summed E-state index contributed by atoms with van der Waals surface area (Å²) in [5, 5.41) is 4.09. The van der Waals surface area contributed by atoms with Gasteiger partial charge in [0, 0.05) is 19.6 Å². The first-order valence-electron chi connectivity index (χ1n) is 6.59.